The van der Waals surface area contributed by atoms with Crippen molar-refractivity contribution in [2.24, 2.45) is 0 Å². The van der Waals surface area contributed by atoms with Gasteiger partial charge in [-0.15, -0.1) is 0 Å². The molecule has 0 saturated carbocycles. The first-order chi connectivity index (χ1) is 13.1. The first kappa shape index (κ1) is 18.8. The Labute approximate surface area is 156 Å². The molecule has 0 radical (unpaired) electrons. The quantitative estimate of drug-likeness (QED) is 0.593. The van der Waals surface area contributed by atoms with Gasteiger partial charge >= 0.3 is 0 Å². The van der Waals surface area contributed by atoms with Crippen LogP contribution in [0.5, 0.6) is 0 Å². The zero-order valence-corrected chi connectivity index (χ0v) is 14.7. The van der Waals surface area contributed by atoms with E-state index in [1.54, 1.807) is 36.4 Å². The van der Waals surface area contributed by atoms with Gasteiger partial charge in [-0.05, 0) is 17.7 Å². The molecule has 2 N–H and O–H groups in total. The number of hydrogen-bond acceptors (Lipinski definition) is 6. The van der Waals surface area contributed by atoms with Gasteiger partial charge in [0.25, 0.3) is 11.6 Å². The summed E-state index contributed by atoms with van der Waals surface area (Å²) in [5.41, 5.74) is 1.22. The molecule has 142 valence electrons. The molecule has 1 heterocycles. The van der Waals surface area contributed by atoms with Crippen LogP contribution in [-0.2, 0) is 4.74 Å². The van der Waals surface area contributed by atoms with Crippen LogP contribution in [0.15, 0.2) is 48.5 Å². The molecular weight excluding hydrogens is 350 g/mol. The molecular formula is C19H21N3O5. The van der Waals surface area contributed by atoms with Gasteiger partial charge in [0.2, 0.25) is 0 Å². The largest absolute Gasteiger partial charge is 0.387 e. The number of carbonyl (C=O) groups excluding carboxylic acids is 1. The smallest absolute Gasteiger partial charge is 0.293 e. The lowest BCUT2D eigenvalue weighted by Gasteiger charge is -2.28. The van der Waals surface area contributed by atoms with Crippen molar-refractivity contribution in [3.05, 3.63) is 69.8 Å². The first-order valence-corrected chi connectivity index (χ1v) is 8.68. The minimum Gasteiger partial charge on any atom is -0.387 e. The van der Waals surface area contributed by atoms with Gasteiger partial charge in [-0.3, -0.25) is 14.9 Å². The third-order valence-electron chi connectivity index (χ3n) is 4.43. The summed E-state index contributed by atoms with van der Waals surface area (Å²) < 4.78 is 5.27. The number of aliphatic hydroxyl groups is 1. The summed E-state index contributed by atoms with van der Waals surface area (Å²) in [5.74, 6) is -0.471. The Bertz CT molecular complexity index is 806. The van der Waals surface area contributed by atoms with Crippen molar-refractivity contribution >= 4 is 17.3 Å². The van der Waals surface area contributed by atoms with Crippen molar-refractivity contribution in [3.63, 3.8) is 0 Å². The molecule has 1 aliphatic rings. The SMILES string of the molecule is O=C(NC[C@H](O)c1ccccc1)c1ccc(N2CCOCC2)c([N+](=O)[O-])c1. The Balaban J connectivity index is 1.71. The van der Waals surface area contributed by atoms with Crippen molar-refractivity contribution in [2.45, 2.75) is 6.10 Å². The summed E-state index contributed by atoms with van der Waals surface area (Å²) in [6, 6.07) is 13.4. The van der Waals surface area contributed by atoms with Crippen LogP contribution in [0.25, 0.3) is 0 Å². The maximum Gasteiger partial charge on any atom is 0.293 e. The Morgan fingerprint density at radius 2 is 1.93 bits per heavy atom. The number of nitro benzene ring substituents is 1. The Morgan fingerprint density at radius 1 is 1.22 bits per heavy atom. The third-order valence-corrected chi connectivity index (χ3v) is 4.43. The van der Waals surface area contributed by atoms with E-state index in [-0.39, 0.29) is 17.8 Å². The fourth-order valence-electron chi connectivity index (χ4n) is 2.97. The normalized spacial score (nSPS) is 15.2. The number of anilines is 1. The van der Waals surface area contributed by atoms with Gasteiger partial charge in [-0.2, -0.15) is 0 Å². The van der Waals surface area contributed by atoms with Crippen LogP contribution in [0.4, 0.5) is 11.4 Å². The molecule has 1 saturated heterocycles. The zero-order chi connectivity index (χ0) is 19.2. The summed E-state index contributed by atoms with van der Waals surface area (Å²) in [6.45, 7) is 2.17. The number of morpholine rings is 1. The highest BCUT2D eigenvalue weighted by Gasteiger charge is 2.23. The maximum atomic E-state index is 12.4. The average Bonchev–Trinajstić information content (AvgIpc) is 2.72. The molecule has 1 fully saturated rings. The van der Waals surface area contributed by atoms with E-state index in [1.165, 1.54) is 6.07 Å². The Morgan fingerprint density at radius 3 is 2.59 bits per heavy atom. The minimum atomic E-state index is -0.849. The second-order valence-electron chi connectivity index (χ2n) is 6.20. The highest BCUT2D eigenvalue weighted by Crippen LogP contribution is 2.30. The van der Waals surface area contributed by atoms with Gasteiger partial charge in [0.1, 0.15) is 5.69 Å². The number of amides is 1. The molecule has 8 heteroatoms. The molecule has 2 aromatic carbocycles. The van der Waals surface area contributed by atoms with E-state index in [0.29, 0.717) is 37.6 Å². The van der Waals surface area contributed by atoms with Crippen LogP contribution in [0.3, 0.4) is 0 Å². The lowest BCUT2D eigenvalue weighted by molar-refractivity contribution is -0.384. The molecule has 2 aromatic rings. The summed E-state index contributed by atoms with van der Waals surface area (Å²) in [4.78, 5) is 25.2. The molecule has 1 aliphatic heterocycles. The summed E-state index contributed by atoms with van der Waals surface area (Å²) in [5, 5.41) is 24.2. The number of carbonyl (C=O) groups is 1. The van der Waals surface area contributed by atoms with E-state index in [2.05, 4.69) is 5.32 Å². The fourth-order valence-corrected chi connectivity index (χ4v) is 2.97. The summed E-state index contributed by atoms with van der Waals surface area (Å²) in [6.07, 6.45) is -0.849. The number of ether oxygens (including phenoxy) is 1. The number of aliphatic hydroxyl groups excluding tert-OH is 1. The molecule has 0 aliphatic carbocycles. The molecule has 8 nitrogen and oxygen atoms in total. The topological polar surface area (TPSA) is 105 Å². The Hall–Kier alpha value is -2.97. The van der Waals surface area contributed by atoms with Gasteiger partial charge in [-0.25, -0.2) is 0 Å². The Kier molecular flexibility index (Phi) is 6.00. The van der Waals surface area contributed by atoms with Gasteiger partial charge in [0, 0.05) is 31.3 Å². The van der Waals surface area contributed by atoms with E-state index in [4.69, 9.17) is 4.74 Å². The van der Waals surface area contributed by atoms with Crippen LogP contribution in [0.1, 0.15) is 22.0 Å². The fraction of sp³-hybridized carbons (Fsp3) is 0.316. The van der Waals surface area contributed by atoms with Crippen LogP contribution in [-0.4, -0.2) is 48.8 Å². The second kappa shape index (κ2) is 8.61. The van der Waals surface area contributed by atoms with Gasteiger partial charge in [0.05, 0.1) is 24.2 Å². The van der Waals surface area contributed by atoms with Crippen molar-refractivity contribution in [2.75, 3.05) is 37.7 Å². The van der Waals surface area contributed by atoms with E-state index in [1.807, 2.05) is 11.0 Å². The zero-order valence-electron chi connectivity index (χ0n) is 14.7. The number of hydrogen-bond donors (Lipinski definition) is 2. The second-order valence-corrected chi connectivity index (χ2v) is 6.20. The van der Waals surface area contributed by atoms with Gasteiger partial charge in [0.15, 0.2) is 0 Å². The minimum absolute atomic E-state index is 0.0157. The van der Waals surface area contributed by atoms with Crippen LogP contribution in [0.2, 0.25) is 0 Å². The molecule has 3 rings (SSSR count). The molecule has 0 unspecified atom stereocenters. The predicted molar refractivity (Wildman–Crippen MR) is 99.9 cm³/mol. The monoisotopic (exact) mass is 371 g/mol. The van der Waals surface area contributed by atoms with Crippen LogP contribution < -0.4 is 10.2 Å². The number of nitro groups is 1. The van der Waals surface area contributed by atoms with E-state index in [0.717, 1.165) is 0 Å². The predicted octanol–water partition coefficient (Wildman–Crippen LogP) is 1.89. The lowest BCUT2D eigenvalue weighted by Crippen LogP contribution is -2.36. The average molecular weight is 371 g/mol. The molecule has 27 heavy (non-hydrogen) atoms. The highest BCUT2D eigenvalue weighted by atomic mass is 16.6. The first-order valence-electron chi connectivity index (χ1n) is 8.68. The number of rotatable bonds is 6. The highest BCUT2D eigenvalue weighted by molar-refractivity contribution is 5.95. The molecule has 1 atom stereocenters. The number of nitrogens with zero attached hydrogens (tertiary/aromatic N) is 2. The summed E-state index contributed by atoms with van der Waals surface area (Å²) in [7, 11) is 0. The molecule has 0 spiro atoms. The standard InChI is InChI=1S/C19H21N3O5/c23-18(14-4-2-1-3-5-14)13-20-19(24)15-6-7-16(17(12-15)22(25)26)21-8-10-27-11-9-21/h1-7,12,18,23H,8-11,13H2,(H,20,24)/t18-/m0/s1. The molecule has 0 aromatic heterocycles. The third kappa shape index (κ3) is 4.60. The summed E-state index contributed by atoms with van der Waals surface area (Å²) >= 11 is 0. The van der Waals surface area contributed by atoms with E-state index in [9.17, 15) is 20.0 Å². The van der Waals surface area contributed by atoms with Crippen molar-refractivity contribution in [1.29, 1.82) is 0 Å². The van der Waals surface area contributed by atoms with E-state index >= 15 is 0 Å². The van der Waals surface area contributed by atoms with Crippen LogP contribution in [0, 0.1) is 10.1 Å². The van der Waals surface area contributed by atoms with Crippen molar-refractivity contribution in [1.82, 2.24) is 5.32 Å². The van der Waals surface area contributed by atoms with Crippen molar-refractivity contribution in [3.8, 4) is 0 Å². The molecule has 0 bridgehead atoms. The number of benzene rings is 2. The maximum absolute atomic E-state index is 12.4. The molecule has 1 amide bonds. The van der Waals surface area contributed by atoms with Gasteiger partial charge in [-0.1, -0.05) is 30.3 Å². The van der Waals surface area contributed by atoms with E-state index < -0.39 is 16.9 Å². The van der Waals surface area contributed by atoms with Crippen molar-refractivity contribution < 1.29 is 19.6 Å². The van der Waals surface area contributed by atoms with Gasteiger partial charge < -0.3 is 20.1 Å². The van der Waals surface area contributed by atoms with Crippen LogP contribution >= 0.6 is 0 Å². The lowest BCUT2D eigenvalue weighted by atomic mass is 10.1. The number of nitrogens with one attached hydrogen (secondary N) is 1.